The van der Waals surface area contributed by atoms with Gasteiger partial charge in [0.2, 0.25) is 0 Å². The second-order valence-electron chi connectivity index (χ2n) is 2.97. The van der Waals surface area contributed by atoms with Gasteiger partial charge in [0.15, 0.2) is 6.61 Å². The van der Waals surface area contributed by atoms with Gasteiger partial charge in [-0.05, 0) is 24.3 Å². The maximum absolute atomic E-state index is 11.8. The number of halogens is 4. The molecule has 1 rings (SSSR count). The fraction of sp³-hybridized carbons (Fsp3) is 0.250. The van der Waals surface area contributed by atoms with E-state index in [1.165, 1.54) is 24.3 Å². The second kappa shape index (κ2) is 5.27. The van der Waals surface area contributed by atoms with Crippen LogP contribution in [0.3, 0.4) is 0 Å². The average molecular weight is 290 g/mol. The first-order valence-electron chi connectivity index (χ1n) is 4.23. The van der Waals surface area contributed by atoms with Crippen molar-refractivity contribution >= 4 is 19.3 Å². The molecule has 9 heteroatoms. The summed E-state index contributed by atoms with van der Waals surface area (Å²) in [7, 11) is -4.29. The van der Waals surface area contributed by atoms with Crippen LogP contribution in [0.25, 0.3) is 0 Å². The molecule has 0 amide bonds. The molecule has 0 aliphatic rings. The minimum Gasteiger partial charge on any atom is -0.413 e. The molecule has 4 nitrogen and oxygen atoms in total. The molecule has 0 saturated heterocycles. The molecule has 0 saturated carbocycles. The molecular weight excluding hydrogens is 282 g/mol. The van der Waals surface area contributed by atoms with E-state index in [-0.39, 0.29) is 5.75 Å². The number of alkyl halides is 3. The number of rotatable bonds is 4. The van der Waals surface area contributed by atoms with Gasteiger partial charge in [-0.15, -0.1) is 0 Å². The number of hydrogen-bond acceptors (Lipinski definition) is 3. The molecule has 1 atom stereocenters. The van der Waals surface area contributed by atoms with Gasteiger partial charge in [0.1, 0.15) is 5.75 Å². The quantitative estimate of drug-likeness (QED) is 0.863. The molecule has 0 aromatic heterocycles. The van der Waals surface area contributed by atoms with Crippen LogP contribution in [-0.4, -0.2) is 12.8 Å². The van der Waals surface area contributed by atoms with Crippen molar-refractivity contribution in [3.63, 3.8) is 0 Å². The van der Waals surface area contributed by atoms with Gasteiger partial charge in [-0.3, -0.25) is 4.52 Å². The molecule has 2 N–H and O–H groups in total. The fourth-order valence-electron chi connectivity index (χ4n) is 0.832. The third-order valence-corrected chi connectivity index (χ3v) is 2.66. The molecule has 0 radical (unpaired) electrons. The van der Waals surface area contributed by atoms with Crippen LogP contribution in [0.5, 0.6) is 5.75 Å². The van der Waals surface area contributed by atoms with E-state index in [4.69, 9.17) is 17.1 Å². The molecule has 0 bridgehead atoms. The topological polar surface area (TPSA) is 61.6 Å². The van der Waals surface area contributed by atoms with Crippen molar-refractivity contribution in [2.75, 3.05) is 6.61 Å². The highest BCUT2D eigenvalue weighted by Crippen LogP contribution is 2.41. The Kier molecular flexibility index (Phi) is 4.43. The van der Waals surface area contributed by atoms with Gasteiger partial charge in [0, 0.05) is 5.02 Å². The lowest BCUT2D eigenvalue weighted by Gasteiger charge is -2.15. The van der Waals surface area contributed by atoms with Gasteiger partial charge in [-0.1, -0.05) is 11.6 Å². The lowest BCUT2D eigenvalue weighted by atomic mass is 10.3. The van der Waals surface area contributed by atoms with Crippen molar-refractivity contribution in [3.05, 3.63) is 29.3 Å². The highest BCUT2D eigenvalue weighted by molar-refractivity contribution is 7.51. The maximum atomic E-state index is 11.8. The SMILES string of the molecule is N[P@](=O)(OCC(F)(F)F)Oc1ccc(Cl)cc1. The maximum Gasteiger partial charge on any atom is 0.456 e. The van der Waals surface area contributed by atoms with Crippen molar-refractivity contribution in [1.29, 1.82) is 0 Å². The Morgan fingerprint density at radius 3 is 2.29 bits per heavy atom. The van der Waals surface area contributed by atoms with Crippen molar-refractivity contribution in [2.24, 2.45) is 5.50 Å². The molecule has 0 heterocycles. The smallest absolute Gasteiger partial charge is 0.413 e. The van der Waals surface area contributed by atoms with E-state index in [2.05, 4.69) is 9.05 Å². The highest BCUT2D eigenvalue weighted by atomic mass is 35.5. The summed E-state index contributed by atoms with van der Waals surface area (Å²) in [6.45, 7) is -1.74. The van der Waals surface area contributed by atoms with Crippen LogP contribution >= 0.6 is 19.3 Å². The van der Waals surface area contributed by atoms with Gasteiger partial charge in [-0.25, -0.2) is 10.1 Å². The third-order valence-electron chi connectivity index (χ3n) is 1.45. The predicted molar refractivity (Wildman–Crippen MR) is 55.9 cm³/mol. The van der Waals surface area contributed by atoms with Crippen molar-refractivity contribution < 1.29 is 26.8 Å². The van der Waals surface area contributed by atoms with Gasteiger partial charge in [-0.2, -0.15) is 13.2 Å². The molecule has 0 aliphatic carbocycles. The number of nitrogens with two attached hydrogens (primary N) is 1. The zero-order valence-electron chi connectivity index (χ0n) is 8.28. The monoisotopic (exact) mass is 289 g/mol. The average Bonchev–Trinajstić information content (AvgIpc) is 2.18. The molecule has 0 spiro atoms. The van der Waals surface area contributed by atoms with Crippen molar-refractivity contribution in [1.82, 2.24) is 0 Å². The molecule has 17 heavy (non-hydrogen) atoms. The van der Waals surface area contributed by atoms with Gasteiger partial charge >= 0.3 is 13.9 Å². The fourth-order valence-corrected chi connectivity index (χ4v) is 1.75. The lowest BCUT2D eigenvalue weighted by molar-refractivity contribution is -0.154. The summed E-state index contributed by atoms with van der Waals surface area (Å²) in [5.74, 6) is 0.00223. The van der Waals surface area contributed by atoms with Gasteiger partial charge in [0.05, 0.1) is 0 Å². The minimum absolute atomic E-state index is 0.00223. The largest absolute Gasteiger partial charge is 0.456 e. The zero-order chi connectivity index (χ0) is 13.1. The Hall–Kier alpha value is -0.750. The van der Waals surface area contributed by atoms with E-state index in [1.54, 1.807) is 0 Å². The van der Waals surface area contributed by atoms with E-state index in [0.29, 0.717) is 5.02 Å². The van der Waals surface area contributed by atoms with Crippen LogP contribution in [0.4, 0.5) is 13.2 Å². The van der Waals surface area contributed by atoms with Crippen LogP contribution in [0.2, 0.25) is 5.02 Å². The van der Waals surface area contributed by atoms with E-state index in [1.807, 2.05) is 0 Å². The summed E-state index contributed by atoms with van der Waals surface area (Å²) in [5.41, 5.74) is 4.97. The van der Waals surface area contributed by atoms with Crippen LogP contribution < -0.4 is 10.0 Å². The van der Waals surface area contributed by atoms with Crippen LogP contribution in [0.15, 0.2) is 24.3 Å². The Morgan fingerprint density at radius 1 is 1.29 bits per heavy atom. The number of benzene rings is 1. The lowest BCUT2D eigenvalue weighted by Crippen LogP contribution is -2.19. The van der Waals surface area contributed by atoms with Crippen LogP contribution in [0, 0.1) is 0 Å². The Morgan fingerprint density at radius 2 is 1.82 bits per heavy atom. The Balaban J connectivity index is 2.60. The molecule has 0 fully saturated rings. The summed E-state index contributed by atoms with van der Waals surface area (Å²) in [6, 6.07) is 5.42. The highest BCUT2D eigenvalue weighted by Gasteiger charge is 2.33. The standard InChI is InChI=1S/C8H8ClF3NO3P/c9-6-1-3-7(4-2-6)16-17(13,14)15-5-8(10,11)12/h1-4H,5H2,(H2,13,14)/t17-/m0/s1. The molecular formula is C8H8ClF3NO3P. The molecule has 1 aromatic rings. The van der Waals surface area contributed by atoms with E-state index in [0.717, 1.165) is 0 Å². The van der Waals surface area contributed by atoms with E-state index >= 15 is 0 Å². The van der Waals surface area contributed by atoms with Crippen LogP contribution in [0.1, 0.15) is 0 Å². The first-order chi connectivity index (χ1) is 7.68. The normalized spacial score (nSPS) is 15.4. The summed E-state index contributed by atoms with van der Waals surface area (Å²) >= 11 is 5.57. The van der Waals surface area contributed by atoms with E-state index < -0.39 is 20.5 Å². The van der Waals surface area contributed by atoms with Gasteiger partial charge < -0.3 is 4.52 Å². The Labute approximate surface area is 100 Å². The molecule has 0 unspecified atom stereocenters. The van der Waals surface area contributed by atoms with E-state index in [9.17, 15) is 17.7 Å². The third kappa shape index (κ3) is 5.93. The summed E-state index contributed by atoms with van der Waals surface area (Å²) in [4.78, 5) is 0. The molecule has 1 aromatic carbocycles. The summed E-state index contributed by atoms with van der Waals surface area (Å²) in [6.07, 6.45) is -4.63. The first kappa shape index (κ1) is 14.3. The second-order valence-corrected chi connectivity index (χ2v) is 4.93. The molecule has 96 valence electrons. The van der Waals surface area contributed by atoms with Crippen molar-refractivity contribution in [3.8, 4) is 5.75 Å². The molecule has 0 aliphatic heterocycles. The first-order valence-corrected chi connectivity index (χ1v) is 6.22. The Bertz CT molecular complexity index is 423. The van der Waals surface area contributed by atoms with Gasteiger partial charge in [0.25, 0.3) is 0 Å². The minimum atomic E-state index is -4.63. The van der Waals surface area contributed by atoms with Crippen LogP contribution in [-0.2, 0) is 9.09 Å². The summed E-state index contributed by atoms with van der Waals surface area (Å²) < 4.78 is 55.3. The predicted octanol–water partition coefficient (Wildman–Crippen LogP) is 3.36. The van der Waals surface area contributed by atoms with Crippen molar-refractivity contribution in [2.45, 2.75) is 6.18 Å². The number of hydrogen-bond donors (Lipinski definition) is 1. The zero-order valence-corrected chi connectivity index (χ0v) is 9.93. The summed E-state index contributed by atoms with van der Waals surface area (Å²) in [5, 5.41) is 0.389.